The lowest BCUT2D eigenvalue weighted by atomic mass is 10.2. The van der Waals surface area contributed by atoms with Gasteiger partial charge in [0, 0.05) is 38.3 Å². The van der Waals surface area contributed by atoms with E-state index in [0.717, 1.165) is 4.31 Å². The second-order valence-electron chi connectivity index (χ2n) is 4.87. The number of nitrogens with zero attached hydrogens (tertiary/aromatic N) is 3. The molecule has 2 rings (SSSR count). The van der Waals surface area contributed by atoms with Crippen molar-refractivity contribution in [2.75, 3.05) is 21.2 Å². The Hall–Kier alpha value is -1.97. The Bertz CT molecular complexity index is 895. The first-order valence-electron chi connectivity index (χ1n) is 6.57. The number of amides is 1. The quantitative estimate of drug-likeness (QED) is 0.822. The van der Waals surface area contributed by atoms with Crippen molar-refractivity contribution in [3.63, 3.8) is 0 Å². The summed E-state index contributed by atoms with van der Waals surface area (Å²) >= 11 is 1.32. The molecule has 0 radical (unpaired) electrons. The van der Waals surface area contributed by atoms with Crippen LogP contribution < -0.4 is 9.54 Å². The summed E-state index contributed by atoms with van der Waals surface area (Å²) in [5.41, 5.74) is 0.180. The van der Waals surface area contributed by atoms with Crippen LogP contribution in [0.15, 0.2) is 39.7 Å². The number of carbonyl (C=O) groups excluding carboxylic acids is 1. The van der Waals surface area contributed by atoms with Crippen LogP contribution in [-0.2, 0) is 17.1 Å². The highest BCUT2D eigenvalue weighted by molar-refractivity contribution is 7.89. The number of thiazole rings is 1. The molecule has 0 fully saturated rings. The smallest absolute Gasteiger partial charge is 0.279 e. The van der Waals surface area contributed by atoms with Gasteiger partial charge in [0.25, 0.3) is 5.91 Å². The van der Waals surface area contributed by atoms with Crippen LogP contribution in [0.5, 0.6) is 5.75 Å². The van der Waals surface area contributed by atoms with E-state index in [4.69, 9.17) is 4.74 Å². The van der Waals surface area contributed by atoms with Gasteiger partial charge in [-0.25, -0.2) is 12.7 Å². The third-order valence-electron chi connectivity index (χ3n) is 3.13. The molecular weight excluding hydrogens is 338 g/mol. The summed E-state index contributed by atoms with van der Waals surface area (Å²) in [6, 6.07) is 4.23. The van der Waals surface area contributed by atoms with Crippen molar-refractivity contribution >= 4 is 27.3 Å². The van der Waals surface area contributed by atoms with E-state index in [2.05, 4.69) is 4.99 Å². The molecule has 0 atom stereocenters. The molecule has 1 aromatic heterocycles. The molecule has 1 aromatic carbocycles. The number of aryl methyl sites for hydroxylation is 1. The predicted molar refractivity (Wildman–Crippen MR) is 87.1 cm³/mol. The Kier molecular flexibility index (Phi) is 5.03. The van der Waals surface area contributed by atoms with Crippen molar-refractivity contribution < 1.29 is 17.9 Å². The lowest BCUT2D eigenvalue weighted by Gasteiger charge is -2.14. The van der Waals surface area contributed by atoms with Gasteiger partial charge in [0.1, 0.15) is 10.6 Å². The van der Waals surface area contributed by atoms with Crippen LogP contribution in [0.3, 0.4) is 0 Å². The Labute approximate surface area is 138 Å². The highest BCUT2D eigenvalue weighted by atomic mass is 32.2. The van der Waals surface area contributed by atoms with E-state index in [-0.39, 0.29) is 16.2 Å². The van der Waals surface area contributed by atoms with Crippen molar-refractivity contribution in [1.29, 1.82) is 0 Å². The molecule has 0 unspecified atom stereocenters. The Morgan fingerprint density at radius 1 is 1.35 bits per heavy atom. The number of ether oxygens (including phenoxy) is 1. The van der Waals surface area contributed by atoms with Crippen LogP contribution >= 0.6 is 11.3 Å². The van der Waals surface area contributed by atoms with Gasteiger partial charge in [-0.2, -0.15) is 4.99 Å². The zero-order valence-electron chi connectivity index (χ0n) is 13.2. The second kappa shape index (κ2) is 6.65. The highest BCUT2D eigenvalue weighted by Gasteiger charge is 2.23. The van der Waals surface area contributed by atoms with E-state index in [9.17, 15) is 13.2 Å². The number of benzene rings is 1. The van der Waals surface area contributed by atoms with Gasteiger partial charge in [-0.05, 0) is 18.2 Å². The summed E-state index contributed by atoms with van der Waals surface area (Å²) in [5, 5.41) is 1.81. The molecule has 0 bridgehead atoms. The van der Waals surface area contributed by atoms with Crippen LogP contribution in [-0.4, -0.2) is 44.4 Å². The summed E-state index contributed by atoms with van der Waals surface area (Å²) in [4.78, 5) is 16.8. The van der Waals surface area contributed by atoms with Gasteiger partial charge in [-0.15, -0.1) is 11.3 Å². The third-order valence-corrected chi connectivity index (χ3v) is 5.81. The fourth-order valence-corrected chi connectivity index (χ4v) is 3.60. The van der Waals surface area contributed by atoms with E-state index in [1.54, 1.807) is 17.8 Å². The van der Waals surface area contributed by atoms with E-state index < -0.39 is 15.9 Å². The summed E-state index contributed by atoms with van der Waals surface area (Å²) in [5.74, 6) is -0.335. The number of carbonyl (C=O) groups is 1. The first kappa shape index (κ1) is 17.4. The average molecular weight is 355 g/mol. The van der Waals surface area contributed by atoms with Gasteiger partial charge in [-0.1, -0.05) is 0 Å². The van der Waals surface area contributed by atoms with Crippen LogP contribution in [0.2, 0.25) is 0 Å². The minimum Gasteiger partial charge on any atom is -0.495 e. The SMILES string of the molecule is COc1ccc(C(=O)N=c2sccn2C)cc1S(=O)(=O)N(C)C. The molecule has 124 valence electrons. The fraction of sp³-hybridized carbons (Fsp3) is 0.286. The van der Waals surface area contributed by atoms with Crippen molar-refractivity contribution in [2.45, 2.75) is 4.90 Å². The van der Waals surface area contributed by atoms with Crippen LogP contribution in [0.25, 0.3) is 0 Å². The number of methoxy groups -OCH3 is 1. The molecule has 9 heteroatoms. The summed E-state index contributed by atoms with van der Waals surface area (Å²) in [7, 11) is 2.25. The number of aromatic nitrogens is 1. The Balaban J connectivity index is 2.55. The molecule has 23 heavy (non-hydrogen) atoms. The molecule has 7 nitrogen and oxygen atoms in total. The van der Waals surface area contributed by atoms with Crippen LogP contribution in [0.4, 0.5) is 0 Å². The summed E-state index contributed by atoms with van der Waals surface area (Å²) in [6.07, 6.45) is 1.78. The van der Waals surface area contributed by atoms with Gasteiger partial charge in [0.15, 0.2) is 4.80 Å². The molecule has 0 saturated carbocycles. The van der Waals surface area contributed by atoms with Crippen LogP contribution in [0, 0.1) is 0 Å². The zero-order valence-corrected chi connectivity index (χ0v) is 14.8. The maximum absolute atomic E-state index is 12.4. The summed E-state index contributed by atoms with van der Waals surface area (Å²) < 4.78 is 32.6. The molecule has 0 aliphatic rings. The van der Waals surface area contributed by atoms with E-state index in [0.29, 0.717) is 4.80 Å². The summed E-state index contributed by atoms with van der Waals surface area (Å²) in [6.45, 7) is 0. The normalized spacial score (nSPS) is 12.7. The largest absolute Gasteiger partial charge is 0.495 e. The van der Waals surface area contributed by atoms with Gasteiger partial charge in [-0.3, -0.25) is 4.79 Å². The van der Waals surface area contributed by atoms with Crippen molar-refractivity contribution in [2.24, 2.45) is 12.0 Å². The van der Waals surface area contributed by atoms with Gasteiger partial charge in [0.05, 0.1) is 7.11 Å². The van der Waals surface area contributed by atoms with E-state index in [1.165, 1.54) is 50.7 Å². The first-order chi connectivity index (χ1) is 10.8. The Morgan fingerprint density at radius 2 is 2.04 bits per heavy atom. The van der Waals surface area contributed by atoms with Crippen molar-refractivity contribution in [3.8, 4) is 5.75 Å². The number of rotatable bonds is 4. The average Bonchev–Trinajstić information content (AvgIpc) is 2.91. The minimum absolute atomic E-state index is 0.0680. The third kappa shape index (κ3) is 3.52. The van der Waals surface area contributed by atoms with Crippen LogP contribution in [0.1, 0.15) is 10.4 Å². The molecular formula is C14H17N3O4S2. The first-order valence-corrected chi connectivity index (χ1v) is 8.89. The monoisotopic (exact) mass is 355 g/mol. The molecule has 0 spiro atoms. The molecule has 0 N–H and O–H groups in total. The topological polar surface area (TPSA) is 81.0 Å². The minimum atomic E-state index is -3.73. The number of hydrogen-bond acceptors (Lipinski definition) is 5. The van der Waals surface area contributed by atoms with Gasteiger partial charge >= 0.3 is 0 Å². The maximum Gasteiger partial charge on any atom is 0.279 e. The predicted octanol–water partition coefficient (Wildman–Crippen LogP) is 1.09. The van der Waals surface area contributed by atoms with E-state index >= 15 is 0 Å². The Morgan fingerprint density at radius 3 is 2.57 bits per heavy atom. The molecule has 0 aliphatic heterocycles. The lowest BCUT2D eigenvalue weighted by molar-refractivity contribution is 0.0997. The molecule has 1 amide bonds. The van der Waals surface area contributed by atoms with E-state index in [1.807, 2.05) is 5.38 Å². The standard InChI is InChI=1S/C14H17N3O4S2/c1-16(2)23(19,20)12-9-10(5-6-11(12)21-4)13(18)15-14-17(3)7-8-22-14/h5-9H,1-4H3. The van der Waals surface area contributed by atoms with Crippen molar-refractivity contribution in [3.05, 3.63) is 40.1 Å². The zero-order chi connectivity index (χ0) is 17.2. The molecule has 1 heterocycles. The van der Waals surface area contributed by atoms with Gasteiger partial charge in [0.2, 0.25) is 10.0 Å². The second-order valence-corrected chi connectivity index (χ2v) is 7.86. The molecule has 2 aromatic rings. The fourth-order valence-electron chi connectivity index (χ4n) is 1.79. The molecule has 0 saturated heterocycles. The lowest BCUT2D eigenvalue weighted by Crippen LogP contribution is -2.23. The van der Waals surface area contributed by atoms with Gasteiger partial charge < -0.3 is 9.30 Å². The number of sulfonamides is 1. The number of hydrogen-bond donors (Lipinski definition) is 0. The highest BCUT2D eigenvalue weighted by Crippen LogP contribution is 2.27. The molecule has 0 aliphatic carbocycles. The van der Waals surface area contributed by atoms with Crippen molar-refractivity contribution in [1.82, 2.24) is 8.87 Å². The maximum atomic E-state index is 12.4.